The van der Waals surface area contributed by atoms with E-state index in [1.54, 1.807) is 29.1 Å². The normalized spacial score (nSPS) is 16.4. The first-order valence-electron chi connectivity index (χ1n) is 10.4. The molecular weight excluding hydrogens is 417 g/mol. The maximum Gasteiger partial charge on any atom is 0.230 e. The van der Waals surface area contributed by atoms with Gasteiger partial charge in [-0.1, -0.05) is 23.7 Å². The lowest BCUT2D eigenvalue weighted by atomic mass is 9.94. The van der Waals surface area contributed by atoms with Crippen molar-refractivity contribution < 1.29 is 9.18 Å². The number of carbonyl (C=O) groups excluding carboxylic acids is 1. The van der Waals surface area contributed by atoms with Gasteiger partial charge in [0.1, 0.15) is 11.6 Å². The largest absolute Gasteiger partial charge is 0.369 e. The highest BCUT2D eigenvalue weighted by atomic mass is 35.5. The molecule has 5 rings (SSSR count). The van der Waals surface area contributed by atoms with Gasteiger partial charge in [-0.05, 0) is 43.2 Å². The molecule has 0 bridgehead atoms. The molecule has 0 spiro atoms. The molecule has 1 aromatic heterocycles. The van der Waals surface area contributed by atoms with E-state index in [1.165, 1.54) is 6.07 Å². The van der Waals surface area contributed by atoms with Crippen LogP contribution in [0.1, 0.15) is 18.4 Å². The van der Waals surface area contributed by atoms with E-state index in [2.05, 4.69) is 10.4 Å². The molecule has 0 saturated carbocycles. The summed E-state index contributed by atoms with van der Waals surface area (Å²) >= 11 is 6.23. The Labute approximate surface area is 185 Å². The third-order valence-corrected chi connectivity index (χ3v) is 6.38. The van der Waals surface area contributed by atoms with Crippen LogP contribution in [0.5, 0.6) is 0 Å². The Morgan fingerprint density at radius 2 is 1.94 bits per heavy atom. The van der Waals surface area contributed by atoms with Gasteiger partial charge in [-0.15, -0.1) is 0 Å². The minimum absolute atomic E-state index is 0.0789. The minimum Gasteiger partial charge on any atom is -0.369 e. The van der Waals surface area contributed by atoms with E-state index in [1.807, 2.05) is 35.0 Å². The molecule has 2 aromatic carbocycles. The van der Waals surface area contributed by atoms with Crippen LogP contribution in [0, 0.1) is 11.7 Å². The Morgan fingerprint density at radius 3 is 2.71 bits per heavy atom. The second-order valence-corrected chi connectivity index (χ2v) is 8.50. The third-order valence-electron chi connectivity index (χ3n) is 6.15. The van der Waals surface area contributed by atoms with Crippen LogP contribution >= 0.6 is 11.6 Å². The number of anilines is 4. The summed E-state index contributed by atoms with van der Waals surface area (Å²) in [7, 11) is 1.87. The van der Waals surface area contributed by atoms with Gasteiger partial charge in [0.2, 0.25) is 5.91 Å². The van der Waals surface area contributed by atoms with Gasteiger partial charge in [0.05, 0.1) is 29.8 Å². The van der Waals surface area contributed by atoms with Crippen LogP contribution in [-0.2, 0) is 18.4 Å². The molecule has 0 unspecified atom stereocenters. The Morgan fingerprint density at radius 1 is 1.16 bits per heavy atom. The summed E-state index contributed by atoms with van der Waals surface area (Å²) in [6.45, 7) is 1.74. The number of piperidine rings is 1. The number of aromatic nitrogens is 2. The second-order valence-electron chi connectivity index (χ2n) is 8.07. The highest BCUT2D eigenvalue weighted by molar-refractivity contribution is 6.31. The fraction of sp³-hybridized carbons (Fsp3) is 0.304. The number of hydrogen-bond donors (Lipinski definition) is 1. The van der Waals surface area contributed by atoms with Crippen LogP contribution < -0.4 is 15.1 Å². The molecule has 2 aliphatic rings. The lowest BCUT2D eigenvalue weighted by Crippen LogP contribution is -2.42. The highest BCUT2D eigenvalue weighted by Gasteiger charge is 2.33. The summed E-state index contributed by atoms with van der Waals surface area (Å²) in [6, 6.07) is 12.3. The van der Waals surface area contributed by atoms with Crippen LogP contribution in [0.25, 0.3) is 0 Å². The van der Waals surface area contributed by atoms with Gasteiger partial charge in [-0.2, -0.15) is 5.10 Å². The average molecular weight is 440 g/mol. The van der Waals surface area contributed by atoms with Crippen LogP contribution in [0.3, 0.4) is 0 Å². The molecule has 1 N–H and O–H groups in total. The SMILES string of the molecule is Cn1ncc2c1Nc1cc(Cl)ccc1N(C(=O)C1CCN(c3ccccc3F)CC1)C2. The number of aryl methyl sites for hydroxylation is 1. The van der Waals surface area contributed by atoms with Gasteiger partial charge < -0.3 is 15.1 Å². The Hall–Kier alpha value is -3.06. The summed E-state index contributed by atoms with van der Waals surface area (Å²) in [4.78, 5) is 17.5. The lowest BCUT2D eigenvalue weighted by molar-refractivity contribution is -0.123. The molecule has 1 fully saturated rings. The number of halogens is 2. The van der Waals surface area contributed by atoms with Crippen LogP contribution in [-0.4, -0.2) is 28.8 Å². The monoisotopic (exact) mass is 439 g/mol. The molecule has 1 amide bonds. The highest BCUT2D eigenvalue weighted by Crippen LogP contribution is 2.39. The molecule has 31 heavy (non-hydrogen) atoms. The van der Waals surface area contributed by atoms with Crippen molar-refractivity contribution >= 4 is 40.4 Å². The van der Waals surface area contributed by atoms with Crippen molar-refractivity contribution in [1.82, 2.24) is 9.78 Å². The third kappa shape index (κ3) is 3.63. The maximum atomic E-state index is 14.2. The molecule has 3 aromatic rings. The molecule has 0 aliphatic carbocycles. The minimum atomic E-state index is -0.221. The number of nitrogens with one attached hydrogen (secondary N) is 1. The van der Waals surface area contributed by atoms with E-state index < -0.39 is 0 Å². The zero-order chi connectivity index (χ0) is 21.5. The van der Waals surface area contributed by atoms with Crippen LogP contribution in [0.15, 0.2) is 48.7 Å². The van der Waals surface area contributed by atoms with E-state index in [-0.39, 0.29) is 17.6 Å². The second kappa shape index (κ2) is 7.89. The Balaban J connectivity index is 1.40. The first-order valence-corrected chi connectivity index (χ1v) is 10.8. The van der Waals surface area contributed by atoms with Gasteiger partial charge in [-0.3, -0.25) is 9.48 Å². The summed E-state index contributed by atoms with van der Waals surface area (Å²) in [5.41, 5.74) is 3.15. The van der Waals surface area contributed by atoms with Crippen molar-refractivity contribution in [3.63, 3.8) is 0 Å². The first-order chi connectivity index (χ1) is 15.0. The smallest absolute Gasteiger partial charge is 0.230 e. The standard InChI is InChI=1S/C23H23ClFN5O/c1-28-22-16(13-26-28)14-30(21-7-6-17(24)12-19(21)27-22)23(31)15-8-10-29(11-9-15)20-5-3-2-4-18(20)25/h2-7,12-13,15,27H,8-11,14H2,1H3. The molecule has 0 atom stereocenters. The first kappa shape index (κ1) is 19.9. The van der Waals surface area contributed by atoms with E-state index >= 15 is 0 Å². The van der Waals surface area contributed by atoms with Crippen molar-refractivity contribution in [3.05, 3.63) is 65.1 Å². The van der Waals surface area contributed by atoms with E-state index in [9.17, 15) is 9.18 Å². The number of carbonyl (C=O) groups is 1. The van der Waals surface area contributed by atoms with Gasteiger partial charge in [0.15, 0.2) is 0 Å². The van der Waals surface area contributed by atoms with Gasteiger partial charge in [0, 0.05) is 36.6 Å². The fourth-order valence-corrected chi connectivity index (χ4v) is 4.65. The number of para-hydroxylation sites is 1. The van der Waals surface area contributed by atoms with E-state index in [4.69, 9.17) is 11.6 Å². The number of nitrogens with zero attached hydrogens (tertiary/aromatic N) is 4. The molecule has 6 nitrogen and oxygen atoms in total. The van der Waals surface area contributed by atoms with Gasteiger partial charge in [-0.25, -0.2) is 4.39 Å². The summed E-state index contributed by atoms with van der Waals surface area (Å²) in [6.07, 6.45) is 3.15. The van der Waals surface area contributed by atoms with Crippen LogP contribution in [0.2, 0.25) is 5.02 Å². The lowest BCUT2D eigenvalue weighted by Gasteiger charge is -2.35. The Kier molecular flexibility index (Phi) is 5.06. The van der Waals surface area contributed by atoms with Gasteiger partial charge >= 0.3 is 0 Å². The number of benzene rings is 2. The van der Waals surface area contributed by atoms with Crippen molar-refractivity contribution in [2.24, 2.45) is 13.0 Å². The molecule has 2 aliphatic heterocycles. The molecule has 3 heterocycles. The molecule has 8 heteroatoms. The van der Waals surface area contributed by atoms with Crippen molar-refractivity contribution in [2.75, 3.05) is 28.2 Å². The summed E-state index contributed by atoms with van der Waals surface area (Å²) < 4.78 is 15.9. The Bertz CT molecular complexity index is 1140. The van der Waals surface area contributed by atoms with E-state index in [0.29, 0.717) is 43.2 Å². The topological polar surface area (TPSA) is 53.4 Å². The summed E-state index contributed by atoms with van der Waals surface area (Å²) in [5, 5.41) is 8.32. The average Bonchev–Trinajstić information content (AvgIpc) is 3.02. The fourth-order valence-electron chi connectivity index (χ4n) is 4.48. The van der Waals surface area contributed by atoms with Crippen LogP contribution in [0.4, 0.5) is 27.3 Å². The quantitative estimate of drug-likeness (QED) is 0.627. The maximum absolute atomic E-state index is 14.2. The molecule has 160 valence electrons. The number of hydrogen-bond acceptors (Lipinski definition) is 4. The van der Waals surface area contributed by atoms with Crippen molar-refractivity contribution in [1.29, 1.82) is 0 Å². The predicted molar refractivity (Wildman–Crippen MR) is 120 cm³/mol. The van der Waals surface area contributed by atoms with Gasteiger partial charge in [0.25, 0.3) is 0 Å². The molecular formula is C23H23ClFN5O. The number of rotatable bonds is 2. The zero-order valence-electron chi connectivity index (χ0n) is 17.2. The van der Waals surface area contributed by atoms with E-state index in [0.717, 1.165) is 22.8 Å². The molecule has 1 saturated heterocycles. The van der Waals surface area contributed by atoms with Crippen molar-refractivity contribution in [3.8, 4) is 0 Å². The number of fused-ring (bicyclic) bond motifs is 2. The number of amides is 1. The molecule has 0 radical (unpaired) electrons. The predicted octanol–water partition coefficient (Wildman–Crippen LogP) is 4.72. The summed E-state index contributed by atoms with van der Waals surface area (Å²) in [5.74, 6) is 0.592. The van der Waals surface area contributed by atoms with Crippen molar-refractivity contribution in [2.45, 2.75) is 19.4 Å². The zero-order valence-corrected chi connectivity index (χ0v) is 17.9.